The van der Waals surface area contributed by atoms with E-state index in [4.69, 9.17) is 28.9 Å². The molecule has 0 radical (unpaired) electrons. The number of nitrogens with one attached hydrogen (secondary N) is 1. The molecule has 0 aliphatic rings. The van der Waals surface area contributed by atoms with Crippen molar-refractivity contribution in [3.63, 3.8) is 0 Å². The molecule has 0 fully saturated rings. The standard InChI is InChI=1S/C9H8Cl2N2O3/c10-5-1-2-6(7(11)3-5)9(15)13-16-4-8(12)14/h1-3H,4H2,(H2,12,14)(H,13,15). The van der Waals surface area contributed by atoms with Crippen LogP contribution >= 0.6 is 23.2 Å². The van der Waals surface area contributed by atoms with E-state index < -0.39 is 18.4 Å². The summed E-state index contributed by atoms with van der Waals surface area (Å²) >= 11 is 11.4. The topological polar surface area (TPSA) is 81.4 Å². The van der Waals surface area contributed by atoms with Crippen molar-refractivity contribution in [1.82, 2.24) is 5.48 Å². The fourth-order valence-electron chi connectivity index (χ4n) is 0.901. The molecule has 0 saturated heterocycles. The molecule has 1 aromatic rings. The van der Waals surface area contributed by atoms with Crippen molar-refractivity contribution in [2.75, 3.05) is 6.61 Å². The van der Waals surface area contributed by atoms with Gasteiger partial charge in [0, 0.05) is 5.02 Å². The van der Waals surface area contributed by atoms with Crippen LogP contribution in [0.5, 0.6) is 0 Å². The SMILES string of the molecule is NC(=O)CONC(=O)c1ccc(Cl)cc1Cl. The molecule has 86 valence electrons. The van der Waals surface area contributed by atoms with Gasteiger partial charge in [0.15, 0.2) is 6.61 Å². The summed E-state index contributed by atoms with van der Waals surface area (Å²) in [6.45, 7) is -0.406. The molecule has 0 aromatic heterocycles. The zero-order chi connectivity index (χ0) is 12.1. The molecule has 0 unspecified atom stereocenters. The lowest BCUT2D eigenvalue weighted by molar-refractivity contribution is -0.124. The van der Waals surface area contributed by atoms with E-state index in [2.05, 4.69) is 4.84 Å². The Morgan fingerprint density at radius 2 is 2.06 bits per heavy atom. The molecule has 0 aliphatic carbocycles. The molecule has 7 heteroatoms. The molecule has 16 heavy (non-hydrogen) atoms. The molecule has 0 aliphatic heterocycles. The minimum absolute atomic E-state index is 0.188. The average molecular weight is 263 g/mol. The molecule has 0 saturated carbocycles. The molecule has 3 N–H and O–H groups in total. The number of primary amides is 1. The van der Waals surface area contributed by atoms with Crippen LogP contribution in [0.1, 0.15) is 10.4 Å². The van der Waals surface area contributed by atoms with Crippen molar-refractivity contribution in [3.8, 4) is 0 Å². The number of nitrogens with two attached hydrogens (primary N) is 1. The maximum atomic E-state index is 11.4. The highest BCUT2D eigenvalue weighted by Crippen LogP contribution is 2.20. The third-order valence-corrected chi connectivity index (χ3v) is 2.10. The molecule has 2 amide bonds. The lowest BCUT2D eigenvalue weighted by atomic mass is 10.2. The molecule has 0 spiro atoms. The smallest absolute Gasteiger partial charge is 0.276 e. The molecular weight excluding hydrogens is 255 g/mol. The first-order valence-electron chi connectivity index (χ1n) is 4.16. The second kappa shape index (κ2) is 5.69. The number of carbonyl (C=O) groups is 2. The Labute approximate surface area is 101 Å². The molecule has 1 aromatic carbocycles. The normalized spacial score (nSPS) is 9.88. The third kappa shape index (κ3) is 3.69. The number of hydrogen-bond donors (Lipinski definition) is 2. The van der Waals surface area contributed by atoms with Gasteiger partial charge in [-0.1, -0.05) is 23.2 Å². The van der Waals surface area contributed by atoms with Crippen LogP contribution in [0.15, 0.2) is 18.2 Å². The quantitative estimate of drug-likeness (QED) is 0.799. The van der Waals surface area contributed by atoms with Gasteiger partial charge in [-0.2, -0.15) is 0 Å². The van der Waals surface area contributed by atoms with Crippen molar-refractivity contribution in [2.45, 2.75) is 0 Å². The van der Waals surface area contributed by atoms with Crippen molar-refractivity contribution in [2.24, 2.45) is 5.73 Å². The summed E-state index contributed by atoms with van der Waals surface area (Å²) < 4.78 is 0. The van der Waals surface area contributed by atoms with Gasteiger partial charge >= 0.3 is 0 Å². The zero-order valence-electron chi connectivity index (χ0n) is 8.00. The van der Waals surface area contributed by atoms with Crippen molar-refractivity contribution < 1.29 is 14.4 Å². The molecule has 1 rings (SSSR count). The fraction of sp³-hybridized carbons (Fsp3) is 0.111. The van der Waals surface area contributed by atoms with E-state index in [1.165, 1.54) is 18.2 Å². The number of hydrogen-bond acceptors (Lipinski definition) is 3. The van der Waals surface area contributed by atoms with Crippen LogP contribution in [0.25, 0.3) is 0 Å². The maximum Gasteiger partial charge on any atom is 0.276 e. The number of benzene rings is 1. The predicted molar refractivity (Wildman–Crippen MR) is 59.1 cm³/mol. The Kier molecular flexibility index (Phi) is 4.54. The Bertz CT molecular complexity index is 423. The van der Waals surface area contributed by atoms with Crippen LogP contribution in [0, 0.1) is 0 Å². The van der Waals surface area contributed by atoms with Gasteiger partial charge < -0.3 is 5.73 Å². The van der Waals surface area contributed by atoms with Gasteiger partial charge in [0.2, 0.25) is 5.91 Å². The number of carbonyl (C=O) groups excluding carboxylic acids is 2. The van der Waals surface area contributed by atoms with Crippen molar-refractivity contribution >= 4 is 35.0 Å². The van der Waals surface area contributed by atoms with Gasteiger partial charge in [-0.05, 0) is 18.2 Å². The first-order chi connectivity index (χ1) is 7.50. The van der Waals surface area contributed by atoms with Gasteiger partial charge in [0.05, 0.1) is 10.6 Å². The highest BCUT2D eigenvalue weighted by Gasteiger charge is 2.10. The van der Waals surface area contributed by atoms with Gasteiger partial charge in [0.1, 0.15) is 0 Å². The van der Waals surface area contributed by atoms with Crippen LogP contribution in [-0.4, -0.2) is 18.4 Å². The number of hydroxylamine groups is 1. The van der Waals surface area contributed by atoms with Gasteiger partial charge in [0.25, 0.3) is 5.91 Å². The highest BCUT2D eigenvalue weighted by atomic mass is 35.5. The van der Waals surface area contributed by atoms with Crippen LogP contribution in [-0.2, 0) is 9.63 Å². The summed E-state index contributed by atoms with van der Waals surface area (Å²) in [5, 5.41) is 0.604. The summed E-state index contributed by atoms with van der Waals surface area (Å²) in [6, 6.07) is 4.37. The Balaban J connectivity index is 2.63. The maximum absolute atomic E-state index is 11.4. The van der Waals surface area contributed by atoms with E-state index in [1.807, 2.05) is 5.48 Å². The van der Waals surface area contributed by atoms with Crippen LogP contribution in [0.2, 0.25) is 10.0 Å². The summed E-state index contributed by atoms with van der Waals surface area (Å²) in [5.74, 6) is -1.27. The number of halogens is 2. The van der Waals surface area contributed by atoms with Crippen LogP contribution in [0.4, 0.5) is 0 Å². The second-order valence-electron chi connectivity index (χ2n) is 2.81. The minimum Gasteiger partial charge on any atom is -0.368 e. The first-order valence-corrected chi connectivity index (χ1v) is 4.92. The second-order valence-corrected chi connectivity index (χ2v) is 3.65. The largest absolute Gasteiger partial charge is 0.368 e. The third-order valence-electron chi connectivity index (χ3n) is 1.56. The average Bonchev–Trinajstić information content (AvgIpc) is 2.16. The van der Waals surface area contributed by atoms with E-state index >= 15 is 0 Å². The van der Waals surface area contributed by atoms with Crippen molar-refractivity contribution in [1.29, 1.82) is 0 Å². The van der Waals surface area contributed by atoms with Gasteiger partial charge in [-0.15, -0.1) is 0 Å². The molecule has 0 bridgehead atoms. The van der Waals surface area contributed by atoms with E-state index in [0.717, 1.165) is 0 Å². The van der Waals surface area contributed by atoms with Crippen LogP contribution in [0.3, 0.4) is 0 Å². The van der Waals surface area contributed by atoms with E-state index in [0.29, 0.717) is 5.02 Å². The van der Waals surface area contributed by atoms with Crippen molar-refractivity contribution in [3.05, 3.63) is 33.8 Å². The number of rotatable bonds is 4. The van der Waals surface area contributed by atoms with Gasteiger partial charge in [-0.25, -0.2) is 5.48 Å². The van der Waals surface area contributed by atoms with Gasteiger partial charge in [-0.3, -0.25) is 14.4 Å². The van der Waals surface area contributed by atoms with E-state index in [1.54, 1.807) is 0 Å². The summed E-state index contributed by atoms with van der Waals surface area (Å²) in [4.78, 5) is 26.3. The fourth-order valence-corrected chi connectivity index (χ4v) is 1.40. The highest BCUT2D eigenvalue weighted by molar-refractivity contribution is 6.36. The Hall–Kier alpha value is -1.30. The Morgan fingerprint density at radius 1 is 1.38 bits per heavy atom. The molecule has 0 heterocycles. The number of amides is 2. The zero-order valence-corrected chi connectivity index (χ0v) is 9.51. The van der Waals surface area contributed by atoms with Crippen LogP contribution < -0.4 is 11.2 Å². The Morgan fingerprint density at radius 3 is 2.62 bits per heavy atom. The lowest BCUT2D eigenvalue weighted by Gasteiger charge is -2.05. The molecular formula is C9H8Cl2N2O3. The molecule has 5 nitrogen and oxygen atoms in total. The van der Waals surface area contributed by atoms with E-state index in [9.17, 15) is 9.59 Å². The minimum atomic E-state index is -0.692. The predicted octanol–water partition coefficient (Wildman–Crippen LogP) is 1.14. The molecule has 0 atom stereocenters. The summed E-state index contributed by atoms with van der Waals surface area (Å²) in [7, 11) is 0. The summed E-state index contributed by atoms with van der Waals surface area (Å²) in [5.41, 5.74) is 7.02. The monoisotopic (exact) mass is 262 g/mol. The van der Waals surface area contributed by atoms with E-state index in [-0.39, 0.29) is 10.6 Å². The summed E-state index contributed by atoms with van der Waals surface area (Å²) in [6.07, 6.45) is 0. The lowest BCUT2D eigenvalue weighted by Crippen LogP contribution is -2.29. The first kappa shape index (κ1) is 12.8.